The highest BCUT2D eigenvalue weighted by Gasteiger charge is 2.21. The van der Waals surface area contributed by atoms with Crippen LogP contribution in [0.25, 0.3) is 0 Å². The molecule has 0 unspecified atom stereocenters. The minimum absolute atomic E-state index is 0. The van der Waals surface area contributed by atoms with Crippen molar-refractivity contribution in [3.05, 3.63) is 45.7 Å². The summed E-state index contributed by atoms with van der Waals surface area (Å²) in [5.41, 5.74) is 7.74. The molecule has 3 N–H and O–H groups in total. The van der Waals surface area contributed by atoms with Crippen molar-refractivity contribution >= 4 is 34.8 Å². The van der Waals surface area contributed by atoms with Gasteiger partial charge in [0, 0.05) is 10.9 Å². The van der Waals surface area contributed by atoms with Gasteiger partial charge in [-0.25, -0.2) is 9.37 Å². The van der Waals surface area contributed by atoms with Crippen molar-refractivity contribution in [2.45, 2.75) is 32.2 Å². The molecule has 1 atom stereocenters. The lowest BCUT2D eigenvalue weighted by molar-refractivity contribution is 0.102. The molecule has 0 radical (unpaired) electrons. The van der Waals surface area contributed by atoms with E-state index in [4.69, 9.17) is 5.73 Å². The quantitative estimate of drug-likeness (QED) is 0.882. The molecule has 1 amide bonds. The number of thiazole rings is 1. The fourth-order valence-electron chi connectivity index (χ4n) is 2.42. The summed E-state index contributed by atoms with van der Waals surface area (Å²) in [5, 5.41) is 3.19. The number of halogens is 2. The standard InChI is InChI=1S/C15H16FN3OS.ClH/c1-8-2-4-10(11(16)6-8)14(20)19-15-18-12-5-3-9(17)7-13(12)21-15;/h2,4,6,9H,3,5,7,17H2,1H3,(H,18,19,20);1H/t9-;/m0./s1. The molecule has 7 heteroatoms. The number of nitrogens with zero attached hydrogens (tertiary/aromatic N) is 1. The van der Waals surface area contributed by atoms with E-state index in [1.165, 1.54) is 23.5 Å². The number of anilines is 1. The van der Waals surface area contributed by atoms with Gasteiger partial charge in [-0.05, 0) is 43.9 Å². The van der Waals surface area contributed by atoms with Crippen LogP contribution in [0.1, 0.15) is 32.9 Å². The number of benzene rings is 1. The number of amides is 1. The van der Waals surface area contributed by atoms with Crippen LogP contribution in [0, 0.1) is 12.7 Å². The number of fused-ring (bicyclic) bond motifs is 1. The van der Waals surface area contributed by atoms with Gasteiger partial charge in [0.2, 0.25) is 0 Å². The third kappa shape index (κ3) is 3.45. The Balaban J connectivity index is 0.00000176. The molecule has 0 saturated carbocycles. The second-order valence-corrected chi connectivity index (χ2v) is 6.41. The Bertz CT molecular complexity index is 704. The van der Waals surface area contributed by atoms with E-state index in [2.05, 4.69) is 10.3 Å². The summed E-state index contributed by atoms with van der Waals surface area (Å²) in [5.74, 6) is -0.987. The van der Waals surface area contributed by atoms with Gasteiger partial charge in [-0.3, -0.25) is 10.1 Å². The number of aromatic nitrogens is 1. The summed E-state index contributed by atoms with van der Waals surface area (Å²) in [6.45, 7) is 1.78. The van der Waals surface area contributed by atoms with Crippen molar-refractivity contribution in [3.8, 4) is 0 Å². The first kappa shape index (κ1) is 16.9. The van der Waals surface area contributed by atoms with Gasteiger partial charge in [-0.15, -0.1) is 23.7 Å². The van der Waals surface area contributed by atoms with Crippen molar-refractivity contribution in [3.63, 3.8) is 0 Å². The molecule has 1 heterocycles. The number of nitrogens with one attached hydrogen (secondary N) is 1. The van der Waals surface area contributed by atoms with E-state index in [1.54, 1.807) is 13.0 Å². The Hall–Kier alpha value is -1.50. The molecule has 1 aromatic carbocycles. The molecular formula is C15H17ClFN3OS. The lowest BCUT2D eigenvalue weighted by Crippen LogP contribution is -2.27. The first-order valence-corrected chi connectivity index (χ1v) is 7.66. The van der Waals surface area contributed by atoms with Crippen molar-refractivity contribution < 1.29 is 9.18 Å². The lowest BCUT2D eigenvalue weighted by Gasteiger charge is -2.15. The largest absolute Gasteiger partial charge is 0.327 e. The van der Waals surface area contributed by atoms with Crippen LogP contribution in [0.4, 0.5) is 9.52 Å². The maximum atomic E-state index is 13.8. The lowest BCUT2D eigenvalue weighted by atomic mass is 9.99. The zero-order valence-electron chi connectivity index (χ0n) is 12.1. The molecule has 0 fully saturated rings. The SMILES string of the molecule is Cc1ccc(C(=O)Nc2nc3c(s2)C[C@@H](N)CC3)c(F)c1.Cl. The topological polar surface area (TPSA) is 68.0 Å². The molecule has 0 bridgehead atoms. The summed E-state index contributed by atoms with van der Waals surface area (Å²) in [7, 11) is 0. The molecule has 1 aromatic heterocycles. The third-order valence-electron chi connectivity index (χ3n) is 3.57. The molecule has 3 rings (SSSR count). The minimum Gasteiger partial charge on any atom is -0.327 e. The second kappa shape index (κ2) is 6.73. The summed E-state index contributed by atoms with van der Waals surface area (Å²) < 4.78 is 13.8. The average molecular weight is 342 g/mol. The zero-order chi connectivity index (χ0) is 15.0. The number of carbonyl (C=O) groups is 1. The van der Waals surface area contributed by atoms with E-state index in [0.717, 1.165) is 35.4 Å². The van der Waals surface area contributed by atoms with Gasteiger partial charge in [-0.1, -0.05) is 6.07 Å². The molecule has 0 aliphatic heterocycles. The fraction of sp³-hybridized carbons (Fsp3) is 0.333. The Kier molecular flexibility index (Phi) is 5.16. The van der Waals surface area contributed by atoms with Crippen LogP contribution in [-0.2, 0) is 12.8 Å². The first-order valence-electron chi connectivity index (χ1n) is 6.84. The van der Waals surface area contributed by atoms with Gasteiger partial charge in [0.25, 0.3) is 5.91 Å². The molecule has 118 valence electrons. The zero-order valence-corrected chi connectivity index (χ0v) is 13.7. The molecule has 22 heavy (non-hydrogen) atoms. The molecule has 2 aromatic rings. The van der Waals surface area contributed by atoms with Gasteiger partial charge < -0.3 is 5.73 Å². The van der Waals surface area contributed by atoms with E-state index in [9.17, 15) is 9.18 Å². The Morgan fingerprint density at radius 2 is 2.27 bits per heavy atom. The number of rotatable bonds is 2. The van der Waals surface area contributed by atoms with E-state index in [-0.39, 0.29) is 24.0 Å². The first-order chi connectivity index (χ1) is 10.0. The van der Waals surface area contributed by atoms with E-state index < -0.39 is 11.7 Å². The summed E-state index contributed by atoms with van der Waals surface area (Å²) in [6.07, 6.45) is 2.54. The maximum Gasteiger partial charge on any atom is 0.260 e. The predicted molar refractivity (Wildman–Crippen MR) is 88.5 cm³/mol. The number of hydrogen-bond donors (Lipinski definition) is 2. The highest BCUT2D eigenvalue weighted by atomic mass is 35.5. The molecule has 1 aliphatic carbocycles. The van der Waals surface area contributed by atoms with E-state index in [0.29, 0.717) is 5.13 Å². The maximum absolute atomic E-state index is 13.8. The van der Waals surface area contributed by atoms with Crippen molar-refractivity contribution in [1.29, 1.82) is 0 Å². The van der Waals surface area contributed by atoms with Crippen LogP contribution in [-0.4, -0.2) is 16.9 Å². The predicted octanol–water partition coefficient (Wildman–Crippen LogP) is 3.08. The van der Waals surface area contributed by atoms with Crippen LogP contribution in [0.2, 0.25) is 0 Å². The van der Waals surface area contributed by atoms with Gasteiger partial charge in [-0.2, -0.15) is 0 Å². The van der Waals surface area contributed by atoms with E-state index in [1.807, 2.05) is 0 Å². The molecule has 0 spiro atoms. The fourth-order valence-corrected chi connectivity index (χ4v) is 3.52. The Morgan fingerprint density at radius 3 is 3.00 bits per heavy atom. The van der Waals surface area contributed by atoms with E-state index >= 15 is 0 Å². The normalized spacial score (nSPS) is 16.6. The highest BCUT2D eigenvalue weighted by Crippen LogP contribution is 2.29. The second-order valence-electron chi connectivity index (χ2n) is 5.33. The summed E-state index contributed by atoms with van der Waals surface area (Å²) in [6, 6.07) is 4.71. The average Bonchev–Trinajstić information content (AvgIpc) is 2.79. The van der Waals surface area contributed by atoms with Crippen molar-refractivity contribution in [2.75, 3.05) is 5.32 Å². The summed E-state index contributed by atoms with van der Waals surface area (Å²) >= 11 is 1.43. The Labute approximate surface area is 138 Å². The van der Waals surface area contributed by atoms with Crippen molar-refractivity contribution in [1.82, 2.24) is 4.98 Å². The summed E-state index contributed by atoms with van der Waals surface area (Å²) in [4.78, 5) is 17.6. The smallest absolute Gasteiger partial charge is 0.260 e. The van der Waals surface area contributed by atoms with Crippen LogP contribution in [0.3, 0.4) is 0 Å². The van der Waals surface area contributed by atoms with Crippen LogP contribution in [0.15, 0.2) is 18.2 Å². The van der Waals surface area contributed by atoms with Crippen molar-refractivity contribution in [2.24, 2.45) is 5.73 Å². The van der Waals surface area contributed by atoms with Crippen LogP contribution >= 0.6 is 23.7 Å². The monoisotopic (exact) mass is 341 g/mol. The molecule has 1 aliphatic rings. The van der Waals surface area contributed by atoms with Crippen LogP contribution in [0.5, 0.6) is 0 Å². The molecule has 0 saturated heterocycles. The van der Waals surface area contributed by atoms with Gasteiger partial charge in [0.1, 0.15) is 5.82 Å². The molecule has 4 nitrogen and oxygen atoms in total. The number of aryl methyl sites for hydroxylation is 2. The molecular weight excluding hydrogens is 325 g/mol. The third-order valence-corrected chi connectivity index (χ3v) is 4.60. The van der Waals surface area contributed by atoms with Crippen LogP contribution < -0.4 is 11.1 Å². The number of hydrogen-bond acceptors (Lipinski definition) is 4. The number of nitrogens with two attached hydrogens (primary N) is 1. The number of carbonyl (C=O) groups excluding carboxylic acids is 1. The van der Waals surface area contributed by atoms with Gasteiger partial charge in [0.15, 0.2) is 5.13 Å². The highest BCUT2D eigenvalue weighted by molar-refractivity contribution is 7.15. The Morgan fingerprint density at radius 1 is 1.50 bits per heavy atom. The van der Waals surface area contributed by atoms with Gasteiger partial charge in [0.05, 0.1) is 11.3 Å². The van der Waals surface area contributed by atoms with Gasteiger partial charge >= 0.3 is 0 Å². The minimum atomic E-state index is -0.518.